The lowest BCUT2D eigenvalue weighted by atomic mass is 10.00. The molecule has 11 heteroatoms. The Morgan fingerprint density at radius 2 is 1.90 bits per heavy atom. The quantitative estimate of drug-likeness (QED) is 0.181. The number of H-pyrrole nitrogens is 1. The number of nitrogens with zero attached hydrogens (tertiary/aromatic N) is 2. The molecule has 40 heavy (non-hydrogen) atoms. The Balaban J connectivity index is 1.37. The molecule has 0 atom stereocenters. The fourth-order valence-corrected chi connectivity index (χ4v) is 6.19. The highest BCUT2D eigenvalue weighted by Crippen LogP contribution is 2.51. The Hall–Kier alpha value is -3.70. The number of thiophene rings is 1. The number of benzene rings is 3. The molecular weight excluding hydrogens is 549 g/mol. The van der Waals surface area contributed by atoms with Crippen LogP contribution in [0.5, 0.6) is 17.2 Å². The molecule has 1 N–H and O–H groups in total. The van der Waals surface area contributed by atoms with Crippen molar-refractivity contribution in [2.24, 2.45) is 0 Å². The number of aromatic amines is 1. The zero-order chi connectivity index (χ0) is 28.0. The Morgan fingerprint density at radius 3 is 2.65 bits per heavy atom. The molecule has 0 bridgehead atoms. The number of aromatic nitrogens is 2. The molecule has 5 nitrogen and oxygen atoms in total. The Kier molecular flexibility index (Phi) is 6.87. The third-order valence-corrected chi connectivity index (χ3v) is 8.13. The van der Waals surface area contributed by atoms with Crippen LogP contribution in [0.25, 0.3) is 31.4 Å². The summed E-state index contributed by atoms with van der Waals surface area (Å²) < 4.78 is 83.6. The average molecular weight is 574 g/mol. The van der Waals surface area contributed by atoms with Crippen LogP contribution < -0.4 is 9.47 Å². The number of hydrogen-bond acceptors (Lipinski definition) is 5. The summed E-state index contributed by atoms with van der Waals surface area (Å²) in [6, 6.07) is 10.9. The maximum absolute atomic E-state index is 15.3. The summed E-state index contributed by atoms with van der Waals surface area (Å²) in [5, 5.41) is 8.27. The van der Waals surface area contributed by atoms with Crippen molar-refractivity contribution in [1.82, 2.24) is 15.1 Å². The molecule has 0 aliphatic carbocycles. The van der Waals surface area contributed by atoms with E-state index in [1.807, 2.05) is 0 Å². The van der Waals surface area contributed by atoms with Gasteiger partial charge in [0.1, 0.15) is 17.7 Å². The summed E-state index contributed by atoms with van der Waals surface area (Å²) in [7, 11) is 0. The third kappa shape index (κ3) is 4.99. The molecule has 1 aliphatic heterocycles. The van der Waals surface area contributed by atoms with E-state index in [0.29, 0.717) is 53.7 Å². The fourth-order valence-electron chi connectivity index (χ4n) is 4.91. The molecule has 6 rings (SSSR count). The number of ether oxygens (including phenoxy) is 2. The Labute approximate surface area is 230 Å². The van der Waals surface area contributed by atoms with E-state index < -0.39 is 23.1 Å². The van der Waals surface area contributed by atoms with Gasteiger partial charge in [-0.05, 0) is 42.8 Å². The fraction of sp³-hybridized carbons (Fsp3) is 0.276. The van der Waals surface area contributed by atoms with E-state index in [0.717, 1.165) is 23.0 Å². The van der Waals surface area contributed by atoms with Crippen molar-refractivity contribution in [3.63, 3.8) is 0 Å². The smallest absolute Gasteiger partial charge is 0.271 e. The number of alkyl halides is 3. The molecule has 2 aromatic heterocycles. The van der Waals surface area contributed by atoms with Crippen LogP contribution in [-0.4, -0.2) is 47.5 Å². The minimum Gasteiger partial charge on any atom is -0.488 e. The lowest BCUT2D eigenvalue weighted by Crippen LogP contribution is -2.53. The maximum Gasteiger partial charge on any atom is 0.271 e. The van der Waals surface area contributed by atoms with Crippen molar-refractivity contribution in [3.05, 3.63) is 71.9 Å². The molecule has 1 fully saturated rings. The van der Waals surface area contributed by atoms with Gasteiger partial charge in [-0.25, -0.2) is 17.6 Å². The molecule has 1 aliphatic rings. The predicted octanol–water partition coefficient (Wildman–Crippen LogP) is 8.05. The normalized spacial score (nSPS) is 14.7. The molecule has 208 valence electrons. The molecule has 3 aromatic carbocycles. The largest absolute Gasteiger partial charge is 0.488 e. The van der Waals surface area contributed by atoms with Gasteiger partial charge in [-0.3, -0.25) is 14.4 Å². The summed E-state index contributed by atoms with van der Waals surface area (Å²) >= 11 is 1.18. The Morgan fingerprint density at radius 1 is 1.07 bits per heavy atom. The molecular formula is C29H24F5N3O2S. The van der Waals surface area contributed by atoms with Gasteiger partial charge in [0, 0.05) is 59.2 Å². The average Bonchev–Trinajstić information content (AvgIpc) is 3.51. The van der Waals surface area contributed by atoms with E-state index in [1.54, 1.807) is 24.4 Å². The van der Waals surface area contributed by atoms with Gasteiger partial charge in [-0.2, -0.15) is 5.10 Å². The van der Waals surface area contributed by atoms with Crippen LogP contribution in [0, 0.1) is 11.6 Å². The molecule has 0 saturated carbocycles. The summed E-state index contributed by atoms with van der Waals surface area (Å²) in [4.78, 5) is 2.37. The minimum atomic E-state index is -3.34. The van der Waals surface area contributed by atoms with Crippen molar-refractivity contribution in [1.29, 1.82) is 0 Å². The van der Waals surface area contributed by atoms with Gasteiger partial charge >= 0.3 is 0 Å². The van der Waals surface area contributed by atoms with Crippen molar-refractivity contribution in [3.8, 4) is 27.7 Å². The van der Waals surface area contributed by atoms with Crippen LogP contribution in [0.15, 0.2) is 54.7 Å². The first-order chi connectivity index (χ1) is 19.2. The van der Waals surface area contributed by atoms with Crippen LogP contribution >= 0.6 is 11.3 Å². The second kappa shape index (κ2) is 10.4. The molecule has 0 radical (unpaired) electrons. The van der Waals surface area contributed by atoms with Crippen molar-refractivity contribution in [2.45, 2.75) is 25.4 Å². The first-order valence-corrected chi connectivity index (χ1v) is 13.5. The van der Waals surface area contributed by atoms with E-state index in [1.165, 1.54) is 29.5 Å². The zero-order valence-electron chi connectivity index (χ0n) is 21.3. The van der Waals surface area contributed by atoms with Crippen LogP contribution in [0.2, 0.25) is 0 Å². The molecule has 0 spiro atoms. The lowest BCUT2D eigenvalue weighted by Gasteiger charge is -2.38. The summed E-state index contributed by atoms with van der Waals surface area (Å²) in [6.07, 6.45) is 1.96. The van der Waals surface area contributed by atoms with Gasteiger partial charge in [-0.15, -0.1) is 11.3 Å². The number of nitrogens with one attached hydrogen (secondary N) is 1. The van der Waals surface area contributed by atoms with Gasteiger partial charge in [-0.1, -0.05) is 6.07 Å². The maximum atomic E-state index is 15.3. The standard InChI is InChI=1S/C29H24F5N3O2S/c1-29(33,34)22-11-16(31)3-5-19(22)28-26(20-6-7-24-21(13-35-36-24)27(20)40-28)39-25-8-4-17(12-23(25)32)38-18-14-37(15-18)10-2-9-30/h3-8,11-13,18H,2,9-10,14-15H2,1H3,(H,35,36). The number of likely N-dealkylation sites (tertiary alicyclic amines) is 1. The molecule has 3 heterocycles. The van der Waals surface area contributed by atoms with Crippen LogP contribution in [0.1, 0.15) is 18.9 Å². The molecule has 0 amide bonds. The second-order valence-electron chi connectivity index (χ2n) is 9.85. The highest BCUT2D eigenvalue weighted by Gasteiger charge is 2.32. The highest BCUT2D eigenvalue weighted by atomic mass is 32.1. The van der Waals surface area contributed by atoms with Crippen molar-refractivity contribution in [2.75, 3.05) is 26.3 Å². The van der Waals surface area contributed by atoms with Gasteiger partial charge in [0.2, 0.25) is 0 Å². The van der Waals surface area contributed by atoms with Gasteiger partial charge in [0.15, 0.2) is 17.3 Å². The van der Waals surface area contributed by atoms with E-state index in [9.17, 15) is 17.6 Å². The van der Waals surface area contributed by atoms with Crippen LogP contribution in [0.3, 0.4) is 0 Å². The van der Waals surface area contributed by atoms with E-state index in [2.05, 4.69) is 15.1 Å². The number of rotatable bonds is 9. The van der Waals surface area contributed by atoms with E-state index >= 15 is 4.39 Å². The zero-order valence-corrected chi connectivity index (χ0v) is 22.1. The number of fused-ring (bicyclic) bond motifs is 3. The van der Waals surface area contributed by atoms with Crippen LogP contribution in [-0.2, 0) is 5.92 Å². The van der Waals surface area contributed by atoms with Crippen molar-refractivity contribution >= 4 is 32.3 Å². The summed E-state index contributed by atoms with van der Waals surface area (Å²) in [5.74, 6) is -4.45. The number of halogens is 5. The predicted molar refractivity (Wildman–Crippen MR) is 144 cm³/mol. The van der Waals surface area contributed by atoms with E-state index in [4.69, 9.17) is 9.47 Å². The summed E-state index contributed by atoms with van der Waals surface area (Å²) in [5.41, 5.74) is 0.320. The van der Waals surface area contributed by atoms with Gasteiger partial charge in [0.05, 0.1) is 23.3 Å². The topological polar surface area (TPSA) is 50.4 Å². The molecule has 0 unspecified atom stereocenters. The third-order valence-electron chi connectivity index (χ3n) is 6.88. The van der Waals surface area contributed by atoms with E-state index in [-0.39, 0.29) is 29.8 Å². The van der Waals surface area contributed by atoms with Gasteiger partial charge < -0.3 is 9.47 Å². The SMILES string of the molecule is CC(F)(F)c1cc(F)ccc1-c1sc2c(ccc3[nH]ncc32)c1Oc1ccc(OC2CN(CCCF)C2)cc1F. The first kappa shape index (κ1) is 26.5. The Bertz CT molecular complexity index is 1690. The second-order valence-corrected chi connectivity index (χ2v) is 10.9. The summed E-state index contributed by atoms with van der Waals surface area (Å²) in [6.45, 7) is 2.25. The lowest BCUT2D eigenvalue weighted by molar-refractivity contribution is 0.0177. The molecule has 1 saturated heterocycles. The number of hydrogen-bond donors (Lipinski definition) is 1. The van der Waals surface area contributed by atoms with Crippen molar-refractivity contribution < 1.29 is 31.4 Å². The van der Waals surface area contributed by atoms with Gasteiger partial charge in [0.25, 0.3) is 5.92 Å². The minimum absolute atomic E-state index is 0.0874. The van der Waals surface area contributed by atoms with Crippen LogP contribution in [0.4, 0.5) is 22.0 Å². The monoisotopic (exact) mass is 573 g/mol. The first-order valence-electron chi connectivity index (χ1n) is 12.7. The molecule has 5 aromatic rings. The highest BCUT2D eigenvalue weighted by molar-refractivity contribution is 7.23.